The molecule has 0 saturated carbocycles. The summed E-state index contributed by atoms with van der Waals surface area (Å²) in [4.78, 5) is 35.3. The van der Waals surface area contributed by atoms with Gasteiger partial charge in [0.25, 0.3) is 11.8 Å². The van der Waals surface area contributed by atoms with Gasteiger partial charge in [0.05, 0.1) is 18.8 Å². The molecule has 3 heterocycles. The molecule has 7 rings (SSSR count). The van der Waals surface area contributed by atoms with Gasteiger partial charge in [0, 0.05) is 79.3 Å². The number of hydrogen-bond donors (Lipinski definition) is 2. The Labute approximate surface area is 315 Å². The summed E-state index contributed by atoms with van der Waals surface area (Å²) in [6.07, 6.45) is 1.09. The molecule has 9 nitrogen and oxygen atoms in total. The molecule has 0 radical (unpaired) electrons. The zero-order valence-corrected chi connectivity index (χ0v) is 30.5. The fourth-order valence-electron chi connectivity index (χ4n) is 7.42. The number of nitrogens with zero attached hydrogens (tertiary/aromatic N) is 4. The van der Waals surface area contributed by atoms with E-state index in [-0.39, 0.29) is 42.6 Å². The van der Waals surface area contributed by atoms with Crippen LogP contribution in [0.4, 0.5) is 15.8 Å². The van der Waals surface area contributed by atoms with E-state index in [1.54, 1.807) is 29.2 Å². The van der Waals surface area contributed by atoms with Crippen LogP contribution in [0.25, 0.3) is 11.3 Å². The summed E-state index contributed by atoms with van der Waals surface area (Å²) in [5.74, 6) is -0.972. The Bertz CT molecular complexity index is 2050. The number of amides is 2. The second-order valence-corrected chi connectivity index (χ2v) is 13.4. The van der Waals surface area contributed by atoms with E-state index in [4.69, 9.17) is 4.74 Å². The minimum atomic E-state index is -0.504. The molecule has 2 amide bonds. The Morgan fingerprint density at radius 3 is 2.26 bits per heavy atom. The van der Waals surface area contributed by atoms with Crippen molar-refractivity contribution in [1.29, 1.82) is 0 Å². The van der Waals surface area contributed by atoms with Gasteiger partial charge in [-0.05, 0) is 91.6 Å². The normalized spacial score (nSPS) is 15.8. The molecule has 0 spiro atoms. The van der Waals surface area contributed by atoms with Crippen LogP contribution in [0.1, 0.15) is 44.0 Å². The molecular formula is C42H44ClFN4O5. The molecule has 0 aliphatic carbocycles. The SMILES string of the molecule is Cc1c(C(=O)N(c2ccccc2)c2ccc(O)cc2)cc(-c2cc(F)ccc2C(=O)N2Cc3ccccc3C[C@H]2CN2CCOCC2)n1CCCO.Cl. The first kappa shape index (κ1) is 37.7. The summed E-state index contributed by atoms with van der Waals surface area (Å²) in [6, 6.07) is 29.7. The second kappa shape index (κ2) is 16.8. The number of phenolic OH excluding ortho intramolecular Hbond substituents is 1. The van der Waals surface area contributed by atoms with E-state index >= 15 is 4.39 Å². The van der Waals surface area contributed by atoms with Gasteiger partial charge in [-0.3, -0.25) is 19.4 Å². The highest BCUT2D eigenvalue weighted by molar-refractivity contribution is 6.12. The third kappa shape index (κ3) is 8.01. The summed E-state index contributed by atoms with van der Waals surface area (Å²) in [5.41, 5.74) is 5.70. The van der Waals surface area contributed by atoms with Gasteiger partial charge in [-0.2, -0.15) is 0 Å². The largest absolute Gasteiger partial charge is 0.508 e. The van der Waals surface area contributed by atoms with Gasteiger partial charge in [0.15, 0.2) is 0 Å². The van der Waals surface area contributed by atoms with Crippen molar-refractivity contribution in [3.63, 3.8) is 0 Å². The molecule has 1 atom stereocenters. The fourth-order valence-corrected chi connectivity index (χ4v) is 7.42. The molecular weight excluding hydrogens is 695 g/mol. The fraction of sp³-hybridized carbons (Fsp3) is 0.286. The number of carbonyl (C=O) groups excluding carboxylic acids is 2. The number of aliphatic hydroxyl groups is 1. The number of fused-ring (bicyclic) bond motifs is 1. The molecule has 1 aromatic heterocycles. The van der Waals surface area contributed by atoms with Crippen molar-refractivity contribution in [2.45, 2.75) is 38.9 Å². The van der Waals surface area contributed by atoms with E-state index in [9.17, 15) is 19.8 Å². The summed E-state index contributed by atoms with van der Waals surface area (Å²) in [7, 11) is 0. The van der Waals surface area contributed by atoms with Crippen molar-refractivity contribution >= 4 is 35.6 Å². The lowest BCUT2D eigenvalue weighted by atomic mass is 9.92. The molecule has 4 aromatic carbocycles. The van der Waals surface area contributed by atoms with Crippen LogP contribution in [0.5, 0.6) is 5.75 Å². The first-order valence-corrected chi connectivity index (χ1v) is 17.8. The van der Waals surface area contributed by atoms with Crippen LogP contribution >= 0.6 is 12.4 Å². The maximum absolute atomic E-state index is 15.3. The number of morpholine rings is 1. The smallest absolute Gasteiger partial charge is 0.264 e. The minimum absolute atomic E-state index is 0. The van der Waals surface area contributed by atoms with Crippen molar-refractivity contribution < 1.29 is 28.9 Å². The number of aromatic nitrogens is 1. The van der Waals surface area contributed by atoms with E-state index < -0.39 is 5.82 Å². The quantitative estimate of drug-likeness (QED) is 0.160. The number of halogens is 2. The summed E-state index contributed by atoms with van der Waals surface area (Å²) >= 11 is 0. The number of phenols is 1. The summed E-state index contributed by atoms with van der Waals surface area (Å²) in [5, 5.41) is 19.9. The lowest BCUT2D eigenvalue weighted by molar-refractivity contribution is 0.0193. The maximum Gasteiger partial charge on any atom is 0.264 e. The van der Waals surface area contributed by atoms with Crippen molar-refractivity contribution in [3.8, 4) is 17.0 Å². The van der Waals surface area contributed by atoms with Gasteiger partial charge < -0.3 is 24.4 Å². The van der Waals surface area contributed by atoms with Gasteiger partial charge in [-0.1, -0.05) is 42.5 Å². The summed E-state index contributed by atoms with van der Waals surface area (Å²) in [6.45, 7) is 6.09. The number of aliphatic hydroxyl groups excluding tert-OH is 1. The predicted octanol–water partition coefficient (Wildman–Crippen LogP) is 6.99. The Hall–Kier alpha value is -5.00. The van der Waals surface area contributed by atoms with Crippen LogP contribution in [-0.4, -0.2) is 81.9 Å². The maximum atomic E-state index is 15.3. The van der Waals surface area contributed by atoms with Gasteiger partial charge in [0.2, 0.25) is 0 Å². The van der Waals surface area contributed by atoms with Gasteiger partial charge in [-0.15, -0.1) is 12.4 Å². The highest BCUT2D eigenvalue weighted by Gasteiger charge is 2.34. The van der Waals surface area contributed by atoms with Crippen LogP contribution < -0.4 is 4.90 Å². The zero-order valence-electron chi connectivity index (χ0n) is 29.7. The third-order valence-corrected chi connectivity index (χ3v) is 10.1. The highest BCUT2D eigenvalue weighted by Crippen LogP contribution is 2.36. The zero-order chi connectivity index (χ0) is 36.2. The predicted molar refractivity (Wildman–Crippen MR) is 206 cm³/mol. The summed E-state index contributed by atoms with van der Waals surface area (Å²) < 4.78 is 22.8. The van der Waals surface area contributed by atoms with Crippen molar-refractivity contribution in [2.24, 2.45) is 0 Å². The van der Waals surface area contributed by atoms with E-state index in [1.807, 2.05) is 58.9 Å². The van der Waals surface area contributed by atoms with Crippen molar-refractivity contribution in [1.82, 2.24) is 14.4 Å². The van der Waals surface area contributed by atoms with E-state index in [2.05, 4.69) is 17.0 Å². The van der Waals surface area contributed by atoms with E-state index in [0.29, 0.717) is 85.1 Å². The molecule has 5 aromatic rings. The third-order valence-electron chi connectivity index (χ3n) is 10.1. The molecule has 1 fully saturated rings. The number of aromatic hydroxyl groups is 1. The number of ether oxygens (including phenoxy) is 1. The number of benzene rings is 4. The first-order valence-electron chi connectivity index (χ1n) is 17.8. The Morgan fingerprint density at radius 1 is 0.868 bits per heavy atom. The molecule has 53 heavy (non-hydrogen) atoms. The van der Waals surface area contributed by atoms with Crippen LogP contribution in [0.15, 0.2) is 103 Å². The number of rotatable bonds is 10. The Balaban J connectivity index is 0.00000481. The van der Waals surface area contributed by atoms with Gasteiger partial charge in [-0.25, -0.2) is 4.39 Å². The molecule has 2 N–H and O–H groups in total. The minimum Gasteiger partial charge on any atom is -0.508 e. The Kier molecular flexibility index (Phi) is 11.9. The average Bonchev–Trinajstić information content (AvgIpc) is 3.50. The molecule has 11 heteroatoms. The van der Waals surface area contributed by atoms with Crippen LogP contribution in [-0.2, 0) is 24.2 Å². The van der Waals surface area contributed by atoms with Crippen LogP contribution in [0.3, 0.4) is 0 Å². The topological polar surface area (TPSA) is 98.5 Å². The lowest BCUT2D eigenvalue weighted by Crippen LogP contribution is -2.52. The molecule has 0 bridgehead atoms. The van der Waals surface area contributed by atoms with Crippen LogP contribution in [0, 0.1) is 12.7 Å². The molecule has 1 saturated heterocycles. The molecule has 2 aliphatic rings. The van der Waals surface area contributed by atoms with Gasteiger partial charge in [0.1, 0.15) is 11.6 Å². The number of carbonyl (C=O) groups is 2. The van der Waals surface area contributed by atoms with Crippen molar-refractivity contribution in [2.75, 3.05) is 44.4 Å². The van der Waals surface area contributed by atoms with Crippen molar-refractivity contribution in [3.05, 3.63) is 137 Å². The van der Waals surface area contributed by atoms with E-state index in [1.165, 1.54) is 29.8 Å². The lowest BCUT2D eigenvalue weighted by Gasteiger charge is -2.40. The number of para-hydroxylation sites is 1. The monoisotopic (exact) mass is 738 g/mol. The van der Waals surface area contributed by atoms with Crippen LogP contribution in [0.2, 0.25) is 0 Å². The highest BCUT2D eigenvalue weighted by atomic mass is 35.5. The van der Waals surface area contributed by atoms with E-state index in [0.717, 1.165) is 18.7 Å². The first-order chi connectivity index (χ1) is 25.3. The standard InChI is InChI=1S/C42H43FN4O5.ClH/c1-29-38(42(51)47(33-10-3-2-4-11-33)34-13-15-36(49)16-14-34)26-40(45(29)18-7-21-48)39-25-32(43)12-17-37(39)41(50)46-27-31-9-6-5-8-30(31)24-35(46)28-44-19-22-52-23-20-44;/h2-6,8-17,25-26,35,48-49H,7,18-24,27-28H2,1H3;1H/t35-;/m0./s1. The molecule has 0 unspecified atom stereocenters. The average molecular weight is 739 g/mol. The number of hydrogen-bond acceptors (Lipinski definition) is 6. The number of anilines is 2. The molecule has 2 aliphatic heterocycles. The van der Waals surface area contributed by atoms with Gasteiger partial charge >= 0.3 is 0 Å². The molecule has 276 valence electrons. The Morgan fingerprint density at radius 2 is 1.55 bits per heavy atom. The second-order valence-electron chi connectivity index (χ2n) is 13.4.